The molecular formula is C23H27F4N3O2S. The smallest absolute Gasteiger partial charge is 0.366 e. The van der Waals surface area contributed by atoms with Gasteiger partial charge in [-0.2, -0.15) is 24.5 Å². The number of rotatable bonds is 10. The molecule has 1 fully saturated rings. The van der Waals surface area contributed by atoms with Gasteiger partial charge in [-0.05, 0) is 73.4 Å². The summed E-state index contributed by atoms with van der Waals surface area (Å²) >= 11 is 1.31. The van der Waals surface area contributed by atoms with Gasteiger partial charge in [-0.25, -0.2) is 4.39 Å². The maximum atomic E-state index is 14.1. The zero-order valence-electron chi connectivity index (χ0n) is 18.4. The van der Waals surface area contributed by atoms with E-state index in [1.165, 1.54) is 23.5 Å². The Kier molecular flexibility index (Phi) is 7.48. The third-order valence-electron chi connectivity index (χ3n) is 6.39. The van der Waals surface area contributed by atoms with E-state index in [0.29, 0.717) is 17.5 Å². The molecule has 180 valence electrons. The van der Waals surface area contributed by atoms with Crippen LogP contribution >= 0.6 is 11.3 Å². The highest BCUT2D eigenvalue weighted by atomic mass is 32.1. The van der Waals surface area contributed by atoms with Crippen molar-refractivity contribution >= 4 is 23.2 Å². The van der Waals surface area contributed by atoms with E-state index in [1.54, 1.807) is 37.0 Å². The number of hydrogen-bond acceptors (Lipinski definition) is 4. The molecule has 5 nitrogen and oxygen atoms in total. The van der Waals surface area contributed by atoms with Crippen LogP contribution in [0.25, 0.3) is 0 Å². The van der Waals surface area contributed by atoms with Gasteiger partial charge in [-0.3, -0.25) is 9.59 Å². The largest absolute Gasteiger partial charge is 0.395 e. The first-order valence-electron chi connectivity index (χ1n) is 10.5. The van der Waals surface area contributed by atoms with Crippen LogP contribution in [0.4, 0.5) is 17.6 Å². The average Bonchev–Trinajstić information content (AvgIpc) is 3.36. The van der Waals surface area contributed by atoms with Crippen molar-refractivity contribution < 1.29 is 27.2 Å². The Morgan fingerprint density at radius 1 is 1.24 bits per heavy atom. The molecule has 1 heterocycles. The normalized spacial score (nSPS) is 16.9. The number of alkyl halides is 3. The molecule has 0 radical (unpaired) electrons. The molecule has 2 amide bonds. The van der Waals surface area contributed by atoms with E-state index in [1.807, 2.05) is 4.90 Å². The topological polar surface area (TPSA) is 75.4 Å². The van der Waals surface area contributed by atoms with E-state index in [0.717, 1.165) is 0 Å². The fourth-order valence-electron chi connectivity index (χ4n) is 4.15. The van der Waals surface area contributed by atoms with Crippen molar-refractivity contribution in [3.05, 3.63) is 57.5 Å². The Hall–Kier alpha value is -2.46. The van der Waals surface area contributed by atoms with Gasteiger partial charge < -0.3 is 16.0 Å². The number of halogens is 4. The van der Waals surface area contributed by atoms with Crippen LogP contribution < -0.4 is 11.1 Å². The first-order valence-corrected chi connectivity index (χ1v) is 11.5. The summed E-state index contributed by atoms with van der Waals surface area (Å²) in [5, 5.41) is 6.16. The van der Waals surface area contributed by atoms with Crippen molar-refractivity contribution in [2.45, 2.75) is 43.8 Å². The molecule has 3 N–H and O–H groups in total. The molecule has 1 aromatic heterocycles. The average molecular weight is 486 g/mol. The van der Waals surface area contributed by atoms with Crippen LogP contribution in [0.5, 0.6) is 0 Å². The summed E-state index contributed by atoms with van der Waals surface area (Å²) in [6.45, 7) is 0.181. The molecule has 0 saturated heterocycles. The molecule has 33 heavy (non-hydrogen) atoms. The van der Waals surface area contributed by atoms with Crippen LogP contribution in [-0.4, -0.2) is 49.6 Å². The number of benzene rings is 1. The lowest BCUT2D eigenvalue weighted by atomic mass is 9.81. The van der Waals surface area contributed by atoms with Gasteiger partial charge in [0.05, 0.1) is 11.0 Å². The summed E-state index contributed by atoms with van der Waals surface area (Å²) in [5.41, 5.74) is 4.23. The highest BCUT2D eigenvalue weighted by Gasteiger charge is 2.67. The second-order valence-corrected chi connectivity index (χ2v) is 9.55. The molecule has 1 saturated carbocycles. The Morgan fingerprint density at radius 2 is 1.94 bits per heavy atom. The molecule has 10 heteroatoms. The number of amides is 2. The minimum atomic E-state index is -4.37. The molecule has 1 aliphatic carbocycles. The summed E-state index contributed by atoms with van der Waals surface area (Å²) in [5.74, 6) is -2.95. The molecule has 3 rings (SSSR count). The van der Waals surface area contributed by atoms with Crippen LogP contribution in [0, 0.1) is 11.2 Å². The summed E-state index contributed by atoms with van der Waals surface area (Å²) in [6.07, 6.45) is -4.20. The number of carbonyl (C=O) groups is 2. The SMILES string of the molecule is CN(C)C(CNC(=O)CC(c1ccsc1)C1(C(F)(F)F)CC1)Cc1ccc(C(N)=O)c(F)c1. The van der Waals surface area contributed by atoms with Gasteiger partial charge in [0.15, 0.2) is 0 Å². The minimum absolute atomic E-state index is 0.0253. The van der Waals surface area contributed by atoms with Crippen LogP contribution in [0.2, 0.25) is 0 Å². The molecule has 0 spiro atoms. The number of nitrogens with two attached hydrogens (primary N) is 1. The molecule has 1 aliphatic rings. The van der Waals surface area contributed by atoms with Gasteiger partial charge in [-0.1, -0.05) is 6.07 Å². The Bertz CT molecular complexity index is 988. The monoisotopic (exact) mass is 485 g/mol. The fourth-order valence-corrected chi connectivity index (χ4v) is 4.87. The number of likely N-dealkylation sites (N-methyl/N-ethyl adjacent to an activating group) is 1. The lowest BCUT2D eigenvalue weighted by Crippen LogP contribution is -2.42. The number of nitrogens with one attached hydrogen (secondary N) is 1. The number of hydrogen-bond donors (Lipinski definition) is 2. The van der Waals surface area contributed by atoms with Crippen molar-refractivity contribution in [2.75, 3.05) is 20.6 Å². The first-order chi connectivity index (χ1) is 15.4. The van der Waals surface area contributed by atoms with Crippen LogP contribution in [0.3, 0.4) is 0 Å². The van der Waals surface area contributed by atoms with E-state index in [9.17, 15) is 27.2 Å². The van der Waals surface area contributed by atoms with Crippen molar-refractivity contribution in [3.63, 3.8) is 0 Å². The van der Waals surface area contributed by atoms with E-state index in [4.69, 9.17) is 5.73 Å². The van der Waals surface area contributed by atoms with Gasteiger partial charge in [-0.15, -0.1) is 0 Å². The minimum Gasteiger partial charge on any atom is -0.366 e. The Balaban J connectivity index is 1.66. The predicted octanol–water partition coefficient (Wildman–Crippen LogP) is 4.09. The highest BCUT2D eigenvalue weighted by molar-refractivity contribution is 7.08. The third-order valence-corrected chi connectivity index (χ3v) is 7.09. The number of primary amides is 1. The van der Waals surface area contributed by atoms with Gasteiger partial charge in [0.2, 0.25) is 5.91 Å². The fraction of sp³-hybridized carbons (Fsp3) is 0.478. The molecule has 2 aromatic rings. The summed E-state index contributed by atoms with van der Waals surface area (Å²) in [4.78, 5) is 25.7. The first kappa shape index (κ1) is 25.2. The quantitative estimate of drug-likeness (QED) is 0.498. The van der Waals surface area contributed by atoms with Crippen molar-refractivity contribution in [1.29, 1.82) is 0 Å². The standard InChI is InChI=1S/C23H27F4N3O2S/c1-30(2)16(9-14-3-4-17(21(28)32)19(24)10-14)12-29-20(31)11-18(15-5-8-33-13-15)22(6-7-22)23(25,26)27/h3-5,8,10,13,16,18H,6-7,9,11-12H2,1-2H3,(H2,28,32)(H,29,31). The zero-order chi connectivity index (χ0) is 24.4. The summed E-state index contributed by atoms with van der Waals surface area (Å²) in [7, 11) is 3.59. The molecule has 2 atom stereocenters. The number of carbonyl (C=O) groups excluding carboxylic acids is 2. The number of thiophene rings is 1. The van der Waals surface area contributed by atoms with Gasteiger partial charge >= 0.3 is 6.18 Å². The van der Waals surface area contributed by atoms with Gasteiger partial charge in [0.25, 0.3) is 5.91 Å². The maximum absolute atomic E-state index is 14.1. The van der Waals surface area contributed by atoms with E-state index in [-0.39, 0.29) is 37.4 Å². The second-order valence-electron chi connectivity index (χ2n) is 8.77. The predicted molar refractivity (Wildman–Crippen MR) is 119 cm³/mol. The summed E-state index contributed by atoms with van der Waals surface area (Å²) in [6, 6.07) is 5.56. The van der Waals surface area contributed by atoms with Crippen LogP contribution in [0.1, 0.15) is 46.7 Å². The molecule has 1 aromatic carbocycles. The van der Waals surface area contributed by atoms with E-state index in [2.05, 4.69) is 5.32 Å². The number of nitrogens with zero attached hydrogens (tertiary/aromatic N) is 1. The van der Waals surface area contributed by atoms with Crippen molar-refractivity contribution in [1.82, 2.24) is 10.2 Å². The van der Waals surface area contributed by atoms with Gasteiger partial charge in [0, 0.05) is 24.9 Å². The Morgan fingerprint density at radius 3 is 2.42 bits per heavy atom. The molecule has 0 bridgehead atoms. The maximum Gasteiger partial charge on any atom is 0.395 e. The lowest BCUT2D eigenvalue weighted by Gasteiger charge is -2.29. The lowest BCUT2D eigenvalue weighted by molar-refractivity contribution is -0.194. The van der Waals surface area contributed by atoms with E-state index < -0.39 is 35.1 Å². The molecule has 0 aliphatic heterocycles. The zero-order valence-corrected chi connectivity index (χ0v) is 19.2. The van der Waals surface area contributed by atoms with Crippen LogP contribution in [-0.2, 0) is 11.2 Å². The van der Waals surface area contributed by atoms with Gasteiger partial charge in [0.1, 0.15) is 5.82 Å². The Labute approximate surface area is 194 Å². The molecule has 2 unspecified atom stereocenters. The van der Waals surface area contributed by atoms with E-state index >= 15 is 0 Å². The van der Waals surface area contributed by atoms with Crippen molar-refractivity contribution in [3.8, 4) is 0 Å². The summed E-state index contributed by atoms with van der Waals surface area (Å²) < 4.78 is 55.4. The highest BCUT2D eigenvalue weighted by Crippen LogP contribution is 2.66. The van der Waals surface area contributed by atoms with Crippen LogP contribution in [0.15, 0.2) is 35.0 Å². The third kappa shape index (κ3) is 5.73. The molecular weight excluding hydrogens is 458 g/mol. The second kappa shape index (κ2) is 9.80. The van der Waals surface area contributed by atoms with Crippen molar-refractivity contribution in [2.24, 2.45) is 11.1 Å².